The van der Waals surface area contributed by atoms with E-state index in [-0.39, 0.29) is 6.04 Å². The van der Waals surface area contributed by atoms with E-state index in [2.05, 4.69) is 9.36 Å². The highest BCUT2D eigenvalue weighted by Crippen LogP contribution is 2.07. The molecule has 0 aliphatic carbocycles. The van der Waals surface area contributed by atoms with Crippen LogP contribution in [0, 0.1) is 0 Å². The smallest absolute Gasteiger partial charge is 0.158 e. The van der Waals surface area contributed by atoms with Crippen molar-refractivity contribution in [3.8, 4) is 0 Å². The average molecular weight is 143 g/mol. The van der Waals surface area contributed by atoms with Crippen LogP contribution in [0.15, 0.2) is 5.51 Å². The van der Waals surface area contributed by atoms with Gasteiger partial charge >= 0.3 is 0 Å². The van der Waals surface area contributed by atoms with Gasteiger partial charge in [-0.25, -0.2) is 4.98 Å². The van der Waals surface area contributed by atoms with E-state index in [0.29, 0.717) is 0 Å². The second kappa shape index (κ2) is 2.89. The number of nitrogens with zero attached hydrogens (tertiary/aromatic N) is 2. The van der Waals surface area contributed by atoms with Gasteiger partial charge in [-0.2, -0.15) is 4.37 Å². The molecule has 3 nitrogen and oxygen atoms in total. The highest BCUT2D eigenvalue weighted by molar-refractivity contribution is 7.03. The van der Waals surface area contributed by atoms with E-state index in [1.807, 2.05) is 6.92 Å². The zero-order chi connectivity index (χ0) is 6.69. The van der Waals surface area contributed by atoms with Crippen molar-refractivity contribution in [3.05, 3.63) is 11.3 Å². The molecule has 0 aromatic carbocycles. The van der Waals surface area contributed by atoms with Crippen LogP contribution in [-0.2, 0) is 0 Å². The highest BCUT2D eigenvalue weighted by atomic mass is 32.1. The van der Waals surface area contributed by atoms with Gasteiger partial charge in [0.05, 0.1) is 6.04 Å². The fraction of sp³-hybridized carbons (Fsp3) is 0.600. The lowest BCUT2D eigenvalue weighted by Gasteiger charge is -1.99. The SMILES string of the molecule is CCC(N)c1ncsn1. The monoisotopic (exact) mass is 143 g/mol. The van der Waals surface area contributed by atoms with Gasteiger partial charge in [-0.05, 0) is 18.0 Å². The Kier molecular flexibility index (Phi) is 2.13. The van der Waals surface area contributed by atoms with Crippen LogP contribution >= 0.6 is 11.5 Å². The lowest BCUT2D eigenvalue weighted by Crippen LogP contribution is -2.09. The molecule has 2 N–H and O–H groups in total. The summed E-state index contributed by atoms with van der Waals surface area (Å²) in [7, 11) is 0. The number of hydrogen-bond donors (Lipinski definition) is 1. The minimum absolute atomic E-state index is 0.0243. The predicted octanol–water partition coefficient (Wildman–Crippen LogP) is 0.948. The van der Waals surface area contributed by atoms with Crippen LogP contribution in [0.2, 0.25) is 0 Å². The van der Waals surface area contributed by atoms with Crippen LogP contribution in [0.1, 0.15) is 25.2 Å². The minimum Gasteiger partial charge on any atom is -0.321 e. The predicted molar refractivity (Wildman–Crippen MR) is 37.1 cm³/mol. The van der Waals surface area contributed by atoms with Crippen LogP contribution in [0.25, 0.3) is 0 Å². The summed E-state index contributed by atoms with van der Waals surface area (Å²) in [6.07, 6.45) is 0.900. The molecule has 0 spiro atoms. The van der Waals surface area contributed by atoms with Crippen molar-refractivity contribution in [2.75, 3.05) is 0 Å². The Morgan fingerprint density at radius 1 is 1.89 bits per heavy atom. The summed E-state index contributed by atoms with van der Waals surface area (Å²) >= 11 is 1.34. The molecular formula is C5H9N3S. The Labute approximate surface area is 58.1 Å². The average Bonchev–Trinajstić information content (AvgIpc) is 2.37. The first-order valence-corrected chi connectivity index (χ1v) is 3.70. The molecular weight excluding hydrogens is 134 g/mol. The maximum atomic E-state index is 5.62. The Balaban J connectivity index is 2.65. The molecule has 1 unspecified atom stereocenters. The Morgan fingerprint density at radius 3 is 3.11 bits per heavy atom. The Hall–Kier alpha value is -0.480. The number of rotatable bonds is 2. The van der Waals surface area contributed by atoms with Gasteiger partial charge < -0.3 is 5.73 Å². The van der Waals surface area contributed by atoms with Crippen LogP contribution in [0.5, 0.6) is 0 Å². The molecule has 0 saturated heterocycles. The molecule has 0 bridgehead atoms. The molecule has 1 heterocycles. The number of nitrogens with two attached hydrogens (primary N) is 1. The zero-order valence-corrected chi connectivity index (χ0v) is 6.06. The van der Waals surface area contributed by atoms with Crippen molar-refractivity contribution in [3.63, 3.8) is 0 Å². The summed E-state index contributed by atoms with van der Waals surface area (Å²) in [6.45, 7) is 2.02. The normalized spacial score (nSPS) is 13.6. The van der Waals surface area contributed by atoms with Crippen LogP contribution in [0.3, 0.4) is 0 Å². The van der Waals surface area contributed by atoms with Gasteiger partial charge in [-0.15, -0.1) is 0 Å². The fourth-order valence-corrected chi connectivity index (χ4v) is 1.02. The fourth-order valence-electron chi connectivity index (χ4n) is 0.525. The standard InChI is InChI=1S/C5H9N3S/c1-2-4(6)5-7-3-9-8-5/h3-4H,2,6H2,1H3. The van der Waals surface area contributed by atoms with Crippen LogP contribution in [-0.4, -0.2) is 9.36 Å². The van der Waals surface area contributed by atoms with Crippen molar-refractivity contribution in [2.45, 2.75) is 19.4 Å². The van der Waals surface area contributed by atoms with Crippen molar-refractivity contribution >= 4 is 11.5 Å². The van der Waals surface area contributed by atoms with E-state index in [4.69, 9.17) is 5.73 Å². The second-order valence-corrected chi connectivity index (χ2v) is 2.41. The van der Waals surface area contributed by atoms with Crippen molar-refractivity contribution < 1.29 is 0 Å². The van der Waals surface area contributed by atoms with E-state index < -0.39 is 0 Å². The summed E-state index contributed by atoms with van der Waals surface area (Å²) in [6, 6.07) is 0.0243. The van der Waals surface area contributed by atoms with Crippen molar-refractivity contribution in [1.29, 1.82) is 0 Å². The molecule has 0 aliphatic rings. The topological polar surface area (TPSA) is 51.8 Å². The van der Waals surface area contributed by atoms with Crippen molar-refractivity contribution in [2.24, 2.45) is 5.73 Å². The first-order valence-electron chi connectivity index (χ1n) is 2.86. The maximum absolute atomic E-state index is 5.62. The second-order valence-electron chi connectivity index (χ2n) is 1.80. The largest absolute Gasteiger partial charge is 0.321 e. The van der Waals surface area contributed by atoms with Gasteiger partial charge in [0, 0.05) is 0 Å². The van der Waals surface area contributed by atoms with Gasteiger partial charge in [-0.3, -0.25) is 0 Å². The third-order valence-electron chi connectivity index (χ3n) is 1.15. The number of hydrogen-bond acceptors (Lipinski definition) is 4. The van der Waals surface area contributed by atoms with E-state index in [1.54, 1.807) is 5.51 Å². The molecule has 0 radical (unpaired) electrons. The summed E-state index contributed by atoms with van der Waals surface area (Å²) in [5, 5.41) is 0. The van der Waals surface area contributed by atoms with E-state index in [1.165, 1.54) is 11.5 Å². The first-order chi connectivity index (χ1) is 4.34. The zero-order valence-electron chi connectivity index (χ0n) is 5.24. The van der Waals surface area contributed by atoms with Gasteiger partial charge in [0.2, 0.25) is 0 Å². The summed E-state index contributed by atoms with van der Waals surface area (Å²) < 4.78 is 3.99. The molecule has 50 valence electrons. The minimum atomic E-state index is 0.0243. The summed E-state index contributed by atoms with van der Waals surface area (Å²) in [4.78, 5) is 3.97. The van der Waals surface area contributed by atoms with Crippen molar-refractivity contribution in [1.82, 2.24) is 9.36 Å². The molecule has 9 heavy (non-hydrogen) atoms. The van der Waals surface area contributed by atoms with E-state index >= 15 is 0 Å². The Bertz CT molecular complexity index is 161. The van der Waals surface area contributed by atoms with Gasteiger partial charge in [0.25, 0.3) is 0 Å². The molecule has 4 heteroatoms. The quantitative estimate of drug-likeness (QED) is 0.670. The third-order valence-corrected chi connectivity index (χ3v) is 1.64. The maximum Gasteiger partial charge on any atom is 0.158 e. The van der Waals surface area contributed by atoms with Gasteiger partial charge in [0.15, 0.2) is 5.82 Å². The van der Waals surface area contributed by atoms with Gasteiger partial charge in [-0.1, -0.05) is 6.92 Å². The molecule has 0 amide bonds. The Morgan fingerprint density at radius 2 is 2.67 bits per heavy atom. The molecule has 1 atom stereocenters. The molecule has 0 saturated carbocycles. The number of aromatic nitrogens is 2. The van der Waals surface area contributed by atoms with Crippen LogP contribution < -0.4 is 5.73 Å². The molecule has 1 rings (SSSR count). The summed E-state index contributed by atoms with van der Waals surface area (Å²) in [5.41, 5.74) is 7.32. The van der Waals surface area contributed by atoms with E-state index in [9.17, 15) is 0 Å². The highest BCUT2D eigenvalue weighted by Gasteiger charge is 2.04. The van der Waals surface area contributed by atoms with Crippen LogP contribution in [0.4, 0.5) is 0 Å². The third kappa shape index (κ3) is 1.46. The van der Waals surface area contributed by atoms with Gasteiger partial charge in [0.1, 0.15) is 5.51 Å². The lowest BCUT2D eigenvalue weighted by molar-refractivity contribution is 0.661. The molecule has 1 aromatic heterocycles. The molecule has 0 fully saturated rings. The lowest BCUT2D eigenvalue weighted by atomic mass is 10.2. The summed E-state index contributed by atoms with van der Waals surface area (Å²) in [5.74, 6) is 0.766. The molecule has 0 aliphatic heterocycles. The van der Waals surface area contributed by atoms with E-state index in [0.717, 1.165) is 12.2 Å². The first kappa shape index (κ1) is 6.64. The molecule has 1 aromatic rings.